The van der Waals surface area contributed by atoms with Crippen LogP contribution in [0.5, 0.6) is 0 Å². The van der Waals surface area contributed by atoms with Gasteiger partial charge in [0, 0.05) is 32.7 Å². The molecule has 0 aliphatic rings. The van der Waals surface area contributed by atoms with Crippen LogP contribution in [-0.4, -0.2) is 17.7 Å². The molecule has 0 amide bonds. The van der Waals surface area contributed by atoms with Gasteiger partial charge in [-0.2, -0.15) is 0 Å². The molecule has 9 heavy (non-hydrogen) atoms. The van der Waals surface area contributed by atoms with Crippen LogP contribution in [0.25, 0.3) is 0 Å². The Morgan fingerprint density at radius 1 is 1.67 bits per heavy atom. The van der Waals surface area contributed by atoms with Gasteiger partial charge in [0.1, 0.15) is 0 Å². The summed E-state index contributed by atoms with van der Waals surface area (Å²) >= 11 is 1.42. The van der Waals surface area contributed by atoms with Crippen molar-refractivity contribution in [1.29, 1.82) is 0 Å². The van der Waals surface area contributed by atoms with Gasteiger partial charge in [-0.15, -0.1) is 0 Å². The minimum atomic E-state index is 0. The van der Waals surface area contributed by atoms with Gasteiger partial charge in [0.25, 0.3) is 0 Å². The molecule has 0 fully saturated rings. The first-order valence-electron chi connectivity index (χ1n) is 2.06. The Balaban J connectivity index is -0.000000180. The van der Waals surface area contributed by atoms with Crippen molar-refractivity contribution >= 4 is 4.15 Å². The summed E-state index contributed by atoms with van der Waals surface area (Å²) in [6.07, 6.45) is 0. The zero-order chi connectivity index (χ0) is 5.70. The van der Waals surface area contributed by atoms with E-state index in [4.69, 9.17) is 0 Å². The van der Waals surface area contributed by atoms with Crippen LogP contribution in [0.2, 0.25) is 0 Å². The monoisotopic (exact) mass is 373 g/mol. The van der Waals surface area contributed by atoms with Crippen LogP contribution in [0.4, 0.5) is 0 Å². The van der Waals surface area contributed by atoms with Crippen LogP contribution in [-0.2, 0) is 52.1 Å². The SMILES string of the molecule is [CH2-]CN[C](=[W])NC.[CH3-].[Y]. The normalized spacial score (nSPS) is 6.89. The molecule has 1 radical (unpaired) electrons. The molecule has 0 aliphatic carbocycles. The smallest absolute Gasteiger partial charge is 0 e. The maximum Gasteiger partial charge on any atom is 0 e. The maximum absolute atomic E-state index is 3.62. The Kier molecular flexibility index (Phi) is 23.1. The first kappa shape index (κ1) is 16.9. The fraction of sp³-hybridized carbons (Fsp3) is 0.400. The molecule has 0 saturated heterocycles. The molecule has 2 nitrogen and oxygen atoms in total. The third kappa shape index (κ3) is 12.7. The summed E-state index contributed by atoms with van der Waals surface area (Å²) in [6.45, 7) is 4.38. The van der Waals surface area contributed by atoms with E-state index in [2.05, 4.69) is 17.6 Å². The topological polar surface area (TPSA) is 24.1 Å². The Hall–Kier alpha value is 1.58. The van der Waals surface area contributed by atoms with E-state index in [0.717, 1.165) is 10.7 Å². The van der Waals surface area contributed by atoms with Crippen LogP contribution >= 0.6 is 0 Å². The third-order valence-electron chi connectivity index (χ3n) is 0.513. The predicted octanol–water partition coefficient (Wildman–Crippen LogP) is -0.289. The van der Waals surface area contributed by atoms with Gasteiger partial charge in [0.05, 0.1) is 0 Å². The first-order chi connectivity index (χ1) is 3.31. The van der Waals surface area contributed by atoms with E-state index in [1.54, 1.807) is 0 Å². The van der Waals surface area contributed by atoms with Crippen LogP contribution < -0.4 is 10.6 Å². The molecule has 0 heterocycles. The van der Waals surface area contributed by atoms with E-state index in [0.29, 0.717) is 0 Å². The van der Waals surface area contributed by atoms with E-state index in [-0.39, 0.29) is 40.1 Å². The minimum absolute atomic E-state index is 0. The summed E-state index contributed by atoms with van der Waals surface area (Å²) < 4.78 is 1.15. The van der Waals surface area contributed by atoms with Crippen molar-refractivity contribution in [2.24, 2.45) is 0 Å². The summed E-state index contributed by atoms with van der Waals surface area (Å²) in [4.78, 5) is 0. The standard InChI is InChI=1S/C4H9N2.CH3.W.Y/c1-3-6-4-5-2;;;/h5-6H,1,3H2,2H3;1H3;;/q2*-1;;. The van der Waals surface area contributed by atoms with E-state index in [1.807, 2.05) is 7.05 Å². The van der Waals surface area contributed by atoms with Crippen LogP contribution in [0.3, 0.4) is 0 Å². The van der Waals surface area contributed by atoms with E-state index in [1.165, 1.54) is 19.4 Å². The number of hydrogen-bond donors (Lipinski definition) is 2. The summed E-state index contributed by atoms with van der Waals surface area (Å²) in [5.74, 6) is 0. The van der Waals surface area contributed by atoms with Crippen LogP contribution in [0.1, 0.15) is 0 Å². The zero-order valence-corrected chi connectivity index (χ0v) is 11.7. The quantitative estimate of drug-likeness (QED) is 0.665. The van der Waals surface area contributed by atoms with Gasteiger partial charge in [-0.1, -0.05) is 0 Å². The molecule has 0 aromatic rings. The van der Waals surface area contributed by atoms with Gasteiger partial charge >= 0.3 is 54.6 Å². The number of hydrogen-bond acceptors (Lipinski definition) is 2. The van der Waals surface area contributed by atoms with E-state index in [9.17, 15) is 0 Å². The van der Waals surface area contributed by atoms with Gasteiger partial charge in [0.2, 0.25) is 0 Å². The number of rotatable bonds is 3. The van der Waals surface area contributed by atoms with Crippen LogP contribution in [0, 0.1) is 14.4 Å². The summed E-state index contributed by atoms with van der Waals surface area (Å²) in [6, 6.07) is 0. The van der Waals surface area contributed by atoms with Crippen molar-refractivity contribution in [2.75, 3.05) is 13.6 Å². The molecule has 0 atom stereocenters. The third-order valence-corrected chi connectivity index (χ3v) is 1.76. The molecule has 0 rings (SSSR count). The van der Waals surface area contributed by atoms with Gasteiger partial charge < -0.3 is 7.43 Å². The molecular weight excluding hydrogens is 361 g/mol. The molecular formula is C5H12N2WY-2. The molecule has 0 aromatic heterocycles. The predicted molar refractivity (Wildman–Crippen MR) is 33.8 cm³/mol. The molecule has 0 aliphatic heterocycles. The Labute approximate surface area is 93.8 Å². The summed E-state index contributed by atoms with van der Waals surface area (Å²) in [5.41, 5.74) is 0. The Morgan fingerprint density at radius 2 is 2.11 bits per heavy atom. The zero-order valence-electron chi connectivity index (χ0n) is 5.90. The van der Waals surface area contributed by atoms with Gasteiger partial charge in [-0.25, -0.2) is 0 Å². The summed E-state index contributed by atoms with van der Waals surface area (Å²) in [5, 5.41) is 6.00. The second-order valence-electron chi connectivity index (χ2n) is 1.01. The van der Waals surface area contributed by atoms with Crippen molar-refractivity contribution in [3.05, 3.63) is 14.4 Å². The fourth-order valence-electron chi connectivity index (χ4n) is 0.202. The van der Waals surface area contributed by atoms with E-state index < -0.39 is 0 Å². The molecule has 2 N–H and O–H groups in total. The van der Waals surface area contributed by atoms with Crippen molar-refractivity contribution in [3.63, 3.8) is 0 Å². The van der Waals surface area contributed by atoms with Gasteiger partial charge in [-0.05, 0) is 0 Å². The largest absolute Gasteiger partial charge is 0.358 e. The number of nitrogens with one attached hydrogen (secondary N) is 2. The summed E-state index contributed by atoms with van der Waals surface area (Å²) in [7, 11) is 1.89. The molecule has 53 valence electrons. The maximum atomic E-state index is 3.62. The first-order valence-corrected chi connectivity index (χ1v) is 3.52. The van der Waals surface area contributed by atoms with Crippen molar-refractivity contribution in [3.8, 4) is 0 Å². The Bertz CT molecular complexity index is 68.0. The average Bonchev–Trinajstić information content (AvgIpc) is 1.68. The average molecular weight is 373 g/mol. The van der Waals surface area contributed by atoms with Crippen LogP contribution in [0.15, 0.2) is 0 Å². The van der Waals surface area contributed by atoms with Gasteiger partial charge in [0.15, 0.2) is 0 Å². The molecule has 0 saturated carbocycles. The molecule has 0 bridgehead atoms. The van der Waals surface area contributed by atoms with E-state index >= 15 is 0 Å². The van der Waals surface area contributed by atoms with Crippen molar-refractivity contribution in [2.45, 2.75) is 0 Å². The second kappa shape index (κ2) is 12.3. The fourth-order valence-corrected chi connectivity index (χ4v) is 0.569. The second-order valence-corrected chi connectivity index (χ2v) is 2.47. The molecule has 4 heteroatoms. The Morgan fingerprint density at radius 3 is 2.22 bits per heavy atom. The molecule has 0 unspecified atom stereocenters. The minimum Gasteiger partial charge on any atom is -0.358 e. The molecule has 0 spiro atoms. The molecule has 0 aromatic carbocycles. The van der Waals surface area contributed by atoms with Crippen molar-refractivity contribution in [1.82, 2.24) is 10.6 Å². The van der Waals surface area contributed by atoms with Gasteiger partial charge in [-0.3, -0.25) is 0 Å². The van der Waals surface area contributed by atoms with Crippen molar-refractivity contribution < 1.29 is 52.1 Å².